The van der Waals surface area contributed by atoms with E-state index in [-0.39, 0.29) is 5.91 Å². The number of hydrogen-bond donors (Lipinski definition) is 1. The smallest absolute Gasteiger partial charge is 0.281 e. The van der Waals surface area contributed by atoms with Gasteiger partial charge >= 0.3 is 0 Å². The fraction of sp³-hybridized carbons (Fsp3) is 0.125. The number of benzene rings is 1. The van der Waals surface area contributed by atoms with Gasteiger partial charge in [0.15, 0.2) is 0 Å². The lowest BCUT2D eigenvalue weighted by Crippen LogP contribution is -2.24. The van der Waals surface area contributed by atoms with Crippen molar-refractivity contribution >= 4 is 34.2 Å². The molecule has 0 saturated carbocycles. The molecule has 1 amide bonds. The number of nitrogens with zero attached hydrogens (tertiary/aromatic N) is 4. The average molecular weight is 326 g/mol. The van der Waals surface area contributed by atoms with E-state index in [9.17, 15) is 4.79 Å². The van der Waals surface area contributed by atoms with Crippen molar-refractivity contribution in [3.8, 4) is 0 Å². The third-order valence-electron chi connectivity index (χ3n) is 3.70. The molecular formula is C16H12ClN5O. The van der Waals surface area contributed by atoms with E-state index < -0.39 is 0 Å². The zero-order valence-corrected chi connectivity index (χ0v) is 12.8. The van der Waals surface area contributed by atoms with Gasteiger partial charge in [0.2, 0.25) is 5.62 Å². The maximum Gasteiger partial charge on any atom is 0.281 e. The summed E-state index contributed by atoms with van der Waals surface area (Å²) in [5.74, 6) is 0.508. The van der Waals surface area contributed by atoms with E-state index in [2.05, 4.69) is 20.3 Å². The fourth-order valence-corrected chi connectivity index (χ4v) is 2.86. The van der Waals surface area contributed by atoms with Crippen LogP contribution in [0.3, 0.4) is 0 Å². The normalized spacial score (nSPS) is 13.9. The summed E-state index contributed by atoms with van der Waals surface area (Å²) in [6.07, 6.45) is 3.10. The van der Waals surface area contributed by atoms with Gasteiger partial charge in [-0.15, -0.1) is 0 Å². The van der Waals surface area contributed by atoms with Crippen molar-refractivity contribution in [2.45, 2.75) is 6.54 Å². The lowest BCUT2D eigenvalue weighted by molar-refractivity contribution is 0.0996. The average Bonchev–Trinajstić information content (AvgIpc) is 3.07. The predicted octanol–water partition coefficient (Wildman–Crippen LogP) is 2.25. The first-order chi connectivity index (χ1) is 11.2. The Labute approximate surface area is 136 Å². The first-order valence-electron chi connectivity index (χ1n) is 7.16. The SMILES string of the molecule is O=C(N=c1nc2c(Cl)cccc2c2n1CCN2)c1cccnc1. The van der Waals surface area contributed by atoms with Crippen molar-refractivity contribution in [1.82, 2.24) is 14.5 Å². The topological polar surface area (TPSA) is 72.2 Å². The summed E-state index contributed by atoms with van der Waals surface area (Å²) >= 11 is 6.25. The number of carbonyl (C=O) groups excluding carboxylic acids is 1. The Morgan fingerprint density at radius 2 is 2.22 bits per heavy atom. The maximum absolute atomic E-state index is 12.3. The Morgan fingerprint density at radius 1 is 1.30 bits per heavy atom. The van der Waals surface area contributed by atoms with Gasteiger partial charge in [0.1, 0.15) is 5.82 Å². The van der Waals surface area contributed by atoms with Crippen LogP contribution in [0.15, 0.2) is 47.7 Å². The largest absolute Gasteiger partial charge is 0.369 e. The van der Waals surface area contributed by atoms with Crippen molar-refractivity contribution in [3.05, 3.63) is 58.9 Å². The van der Waals surface area contributed by atoms with E-state index in [1.165, 1.54) is 6.20 Å². The number of rotatable bonds is 1. The first kappa shape index (κ1) is 13.9. The van der Waals surface area contributed by atoms with Gasteiger partial charge in [-0.2, -0.15) is 4.99 Å². The molecule has 0 aliphatic carbocycles. The molecule has 2 aromatic heterocycles. The van der Waals surface area contributed by atoms with Crippen LogP contribution >= 0.6 is 11.6 Å². The Hall–Kier alpha value is -2.73. The number of para-hydroxylation sites is 1. The molecule has 114 valence electrons. The molecule has 3 heterocycles. The summed E-state index contributed by atoms with van der Waals surface area (Å²) < 4.78 is 1.90. The molecule has 1 aliphatic heterocycles. The van der Waals surface area contributed by atoms with Crippen LogP contribution in [0, 0.1) is 0 Å². The highest BCUT2D eigenvalue weighted by atomic mass is 35.5. The highest BCUT2D eigenvalue weighted by Gasteiger charge is 2.17. The molecule has 0 saturated heterocycles. The molecule has 1 N–H and O–H groups in total. The van der Waals surface area contributed by atoms with E-state index in [4.69, 9.17) is 11.6 Å². The van der Waals surface area contributed by atoms with E-state index in [0.717, 1.165) is 17.7 Å². The van der Waals surface area contributed by atoms with Crippen molar-refractivity contribution in [2.75, 3.05) is 11.9 Å². The third kappa shape index (κ3) is 2.37. The molecule has 7 heteroatoms. The van der Waals surface area contributed by atoms with Crippen molar-refractivity contribution in [1.29, 1.82) is 0 Å². The van der Waals surface area contributed by atoms with E-state index in [1.54, 1.807) is 24.4 Å². The van der Waals surface area contributed by atoms with E-state index >= 15 is 0 Å². The maximum atomic E-state index is 12.3. The molecule has 0 fully saturated rings. The number of amides is 1. The quantitative estimate of drug-likeness (QED) is 0.745. The number of carbonyl (C=O) groups is 1. The summed E-state index contributed by atoms with van der Waals surface area (Å²) in [4.78, 5) is 24.9. The molecule has 23 heavy (non-hydrogen) atoms. The molecule has 3 aromatic rings. The molecule has 0 spiro atoms. The van der Waals surface area contributed by atoms with Crippen molar-refractivity contribution in [2.24, 2.45) is 4.99 Å². The van der Waals surface area contributed by atoms with Crippen LogP contribution in [0.1, 0.15) is 10.4 Å². The summed E-state index contributed by atoms with van der Waals surface area (Å²) in [5.41, 5.74) is 1.40. The number of aromatic nitrogens is 3. The second-order valence-corrected chi connectivity index (χ2v) is 5.54. The molecule has 4 rings (SSSR count). The Bertz CT molecular complexity index is 981. The molecule has 0 atom stereocenters. The lowest BCUT2D eigenvalue weighted by atomic mass is 10.2. The van der Waals surface area contributed by atoms with Crippen LogP contribution in [0.25, 0.3) is 10.9 Å². The fourth-order valence-electron chi connectivity index (χ4n) is 2.64. The van der Waals surface area contributed by atoms with E-state index in [0.29, 0.717) is 28.3 Å². The van der Waals surface area contributed by atoms with Gasteiger partial charge in [0.05, 0.1) is 16.1 Å². The van der Waals surface area contributed by atoms with Gasteiger partial charge < -0.3 is 5.32 Å². The Morgan fingerprint density at radius 3 is 3.04 bits per heavy atom. The van der Waals surface area contributed by atoms with Crippen LogP contribution in [0.5, 0.6) is 0 Å². The minimum atomic E-state index is -0.376. The molecule has 1 aromatic carbocycles. The zero-order chi connectivity index (χ0) is 15.8. The summed E-state index contributed by atoms with van der Waals surface area (Å²) in [6.45, 7) is 1.46. The molecule has 6 nitrogen and oxygen atoms in total. The van der Waals surface area contributed by atoms with Crippen molar-refractivity contribution in [3.63, 3.8) is 0 Å². The predicted molar refractivity (Wildman–Crippen MR) is 87.4 cm³/mol. The minimum Gasteiger partial charge on any atom is -0.369 e. The molecule has 1 aliphatic rings. The summed E-state index contributed by atoms with van der Waals surface area (Å²) in [6, 6.07) is 8.98. The Balaban J connectivity index is 1.96. The molecule has 0 radical (unpaired) electrons. The van der Waals surface area contributed by atoms with Gasteiger partial charge in [-0.3, -0.25) is 14.3 Å². The second-order valence-electron chi connectivity index (χ2n) is 5.13. The molecular weight excluding hydrogens is 314 g/mol. The number of nitrogens with one attached hydrogen (secondary N) is 1. The van der Waals surface area contributed by atoms with Crippen LogP contribution in [-0.4, -0.2) is 27.0 Å². The number of hydrogen-bond acceptors (Lipinski definition) is 4. The van der Waals surface area contributed by atoms with Crippen LogP contribution in [0.2, 0.25) is 5.02 Å². The summed E-state index contributed by atoms with van der Waals surface area (Å²) in [7, 11) is 0. The van der Waals surface area contributed by atoms with Gasteiger partial charge in [0.25, 0.3) is 5.91 Å². The second kappa shape index (κ2) is 5.48. The number of halogens is 1. The van der Waals surface area contributed by atoms with Gasteiger partial charge in [-0.05, 0) is 24.3 Å². The van der Waals surface area contributed by atoms with Gasteiger partial charge in [-0.1, -0.05) is 17.7 Å². The standard InChI is InChI=1S/C16H12ClN5O/c17-12-5-1-4-11-13(12)20-16(22-8-7-19-14(11)22)21-15(23)10-3-2-6-18-9-10/h1-6,9,19H,7-8H2. The number of fused-ring (bicyclic) bond motifs is 3. The highest BCUT2D eigenvalue weighted by Crippen LogP contribution is 2.27. The number of pyridine rings is 1. The monoisotopic (exact) mass is 325 g/mol. The first-order valence-corrected chi connectivity index (χ1v) is 7.54. The van der Waals surface area contributed by atoms with E-state index in [1.807, 2.05) is 16.7 Å². The number of anilines is 1. The van der Waals surface area contributed by atoms with Crippen molar-refractivity contribution < 1.29 is 4.79 Å². The van der Waals surface area contributed by atoms with Gasteiger partial charge in [0, 0.05) is 30.9 Å². The zero-order valence-electron chi connectivity index (χ0n) is 12.0. The molecule has 0 unspecified atom stereocenters. The molecule has 0 bridgehead atoms. The summed E-state index contributed by atoms with van der Waals surface area (Å²) in [5, 5.41) is 4.76. The van der Waals surface area contributed by atoms with Crippen LogP contribution < -0.4 is 10.9 Å². The van der Waals surface area contributed by atoms with Crippen LogP contribution in [-0.2, 0) is 6.54 Å². The van der Waals surface area contributed by atoms with Crippen LogP contribution in [0.4, 0.5) is 5.82 Å². The lowest BCUT2D eigenvalue weighted by Gasteiger charge is -2.08. The minimum absolute atomic E-state index is 0.347. The highest BCUT2D eigenvalue weighted by molar-refractivity contribution is 6.35. The Kier molecular flexibility index (Phi) is 3.31. The van der Waals surface area contributed by atoms with Gasteiger partial charge in [-0.25, -0.2) is 4.98 Å². The third-order valence-corrected chi connectivity index (χ3v) is 4.01.